The van der Waals surface area contributed by atoms with E-state index in [1.54, 1.807) is 4.31 Å². The number of aryl methyl sites for hydroxylation is 1. The fourth-order valence-corrected chi connectivity index (χ4v) is 3.90. The van der Waals surface area contributed by atoms with E-state index in [1.807, 2.05) is 12.4 Å². The van der Waals surface area contributed by atoms with Crippen molar-refractivity contribution in [1.82, 2.24) is 19.2 Å². The summed E-state index contributed by atoms with van der Waals surface area (Å²) in [5, 5.41) is 3.57. The third-order valence-electron chi connectivity index (χ3n) is 4.35. The Hall–Kier alpha value is -0.920. The first-order chi connectivity index (χ1) is 9.95. The molecule has 2 heterocycles. The minimum atomic E-state index is -3.07. The molecular weight excluding hydrogens is 288 g/mol. The maximum atomic E-state index is 11.7. The van der Waals surface area contributed by atoms with Crippen molar-refractivity contribution < 1.29 is 8.42 Å². The van der Waals surface area contributed by atoms with Gasteiger partial charge in [0, 0.05) is 38.1 Å². The lowest BCUT2D eigenvalue weighted by atomic mass is 9.91. The molecule has 0 aromatic carbocycles. The fourth-order valence-electron chi connectivity index (χ4n) is 3.00. The van der Waals surface area contributed by atoms with Gasteiger partial charge in [0.2, 0.25) is 10.0 Å². The first kappa shape index (κ1) is 16.5. The lowest BCUT2D eigenvalue weighted by molar-refractivity contribution is 0.200. The highest BCUT2D eigenvalue weighted by atomic mass is 32.2. The number of nitrogens with one attached hydrogen (secondary N) is 1. The molecule has 21 heavy (non-hydrogen) atoms. The molecule has 2 atom stereocenters. The molecule has 6 nitrogen and oxygen atoms in total. The number of piperidine rings is 1. The molecule has 1 saturated heterocycles. The second-order valence-corrected chi connectivity index (χ2v) is 7.68. The number of aromatic nitrogens is 2. The van der Waals surface area contributed by atoms with Crippen LogP contribution in [-0.2, 0) is 23.1 Å². The zero-order valence-electron chi connectivity index (χ0n) is 13.1. The number of imidazole rings is 1. The summed E-state index contributed by atoms with van der Waals surface area (Å²) in [7, 11) is -3.07. The molecule has 120 valence electrons. The molecule has 1 aromatic rings. The van der Waals surface area contributed by atoms with Gasteiger partial charge in [-0.05, 0) is 19.3 Å². The monoisotopic (exact) mass is 314 g/mol. The van der Waals surface area contributed by atoms with Crippen molar-refractivity contribution >= 4 is 10.0 Å². The topological polar surface area (TPSA) is 67.2 Å². The minimum Gasteiger partial charge on any atom is -0.334 e. The lowest BCUT2D eigenvalue weighted by Gasteiger charge is -2.37. The summed E-state index contributed by atoms with van der Waals surface area (Å²) in [6, 6.07) is 0.356. The van der Waals surface area contributed by atoms with Crippen LogP contribution in [0.15, 0.2) is 12.4 Å². The SMILES string of the molecule is CCC1CN(S(C)(=O)=O)CCC1NCc1nccn1CC. The molecule has 0 aliphatic carbocycles. The predicted octanol–water partition coefficient (Wildman–Crippen LogP) is 1.05. The van der Waals surface area contributed by atoms with E-state index in [9.17, 15) is 8.42 Å². The summed E-state index contributed by atoms with van der Waals surface area (Å²) >= 11 is 0. The smallest absolute Gasteiger partial charge is 0.211 e. The van der Waals surface area contributed by atoms with Crippen molar-refractivity contribution in [3.05, 3.63) is 18.2 Å². The van der Waals surface area contributed by atoms with Crippen LogP contribution >= 0.6 is 0 Å². The van der Waals surface area contributed by atoms with Crippen molar-refractivity contribution in [3.63, 3.8) is 0 Å². The van der Waals surface area contributed by atoms with Crippen molar-refractivity contribution in [1.29, 1.82) is 0 Å². The number of sulfonamides is 1. The highest BCUT2D eigenvalue weighted by Crippen LogP contribution is 2.22. The van der Waals surface area contributed by atoms with Gasteiger partial charge in [-0.3, -0.25) is 0 Å². The van der Waals surface area contributed by atoms with Crippen molar-refractivity contribution in [2.45, 2.75) is 45.8 Å². The Morgan fingerprint density at radius 3 is 2.81 bits per heavy atom. The summed E-state index contributed by atoms with van der Waals surface area (Å²) in [5.74, 6) is 1.40. The molecule has 2 rings (SSSR count). The Morgan fingerprint density at radius 2 is 2.19 bits per heavy atom. The van der Waals surface area contributed by atoms with Gasteiger partial charge in [0.1, 0.15) is 5.82 Å². The maximum Gasteiger partial charge on any atom is 0.211 e. The Morgan fingerprint density at radius 1 is 1.43 bits per heavy atom. The van der Waals surface area contributed by atoms with E-state index in [0.29, 0.717) is 25.0 Å². The van der Waals surface area contributed by atoms with E-state index in [2.05, 4.69) is 28.7 Å². The van der Waals surface area contributed by atoms with E-state index in [4.69, 9.17) is 0 Å². The van der Waals surface area contributed by atoms with Gasteiger partial charge in [-0.25, -0.2) is 17.7 Å². The van der Waals surface area contributed by atoms with Crippen LogP contribution in [0.2, 0.25) is 0 Å². The third kappa shape index (κ3) is 4.05. The zero-order chi connectivity index (χ0) is 15.5. The van der Waals surface area contributed by atoms with Gasteiger partial charge < -0.3 is 9.88 Å². The molecule has 0 radical (unpaired) electrons. The Labute approximate surface area is 127 Å². The molecule has 1 aliphatic heterocycles. The molecule has 7 heteroatoms. The summed E-state index contributed by atoms with van der Waals surface area (Å²) in [5.41, 5.74) is 0. The van der Waals surface area contributed by atoms with Gasteiger partial charge in [0.15, 0.2) is 0 Å². The largest absolute Gasteiger partial charge is 0.334 e. The van der Waals surface area contributed by atoms with Crippen LogP contribution < -0.4 is 5.32 Å². The Kier molecular flexibility index (Phi) is 5.40. The zero-order valence-corrected chi connectivity index (χ0v) is 13.9. The average Bonchev–Trinajstić information content (AvgIpc) is 2.91. The summed E-state index contributed by atoms with van der Waals surface area (Å²) in [6.45, 7) is 7.11. The fraction of sp³-hybridized carbons (Fsp3) is 0.786. The molecule has 0 amide bonds. The van der Waals surface area contributed by atoms with E-state index in [1.165, 1.54) is 6.26 Å². The molecule has 2 unspecified atom stereocenters. The summed E-state index contributed by atoms with van der Waals surface area (Å²) in [4.78, 5) is 4.37. The number of nitrogens with zero attached hydrogens (tertiary/aromatic N) is 3. The Bertz CT molecular complexity index is 555. The second-order valence-electron chi connectivity index (χ2n) is 5.69. The first-order valence-electron chi connectivity index (χ1n) is 7.64. The molecule has 1 aromatic heterocycles. The van der Waals surface area contributed by atoms with E-state index >= 15 is 0 Å². The summed E-state index contributed by atoms with van der Waals surface area (Å²) in [6.07, 6.45) is 6.94. The average molecular weight is 314 g/mol. The standard InChI is InChI=1S/C14H26N4O2S/c1-4-12-11-18(21(3,19)20)8-6-13(12)16-10-14-15-7-9-17(14)5-2/h7,9,12-13,16H,4-6,8,10-11H2,1-3H3. The van der Waals surface area contributed by atoms with Gasteiger partial charge in [0.25, 0.3) is 0 Å². The maximum absolute atomic E-state index is 11.7. The molecule has 1 N–H and O–H groups in total. The second kappa shape index (κ2) is 6.89. The van der Waals surface area contributed by atoms with Crippen molar-refractivity contribution in [2.75, 3.05) is 19.3 Å². The summed E-state index contributed by atoms with van der Waals surface area (Å²) < 4.78 is 27.1. The van der Waals surface area contributed by atoms with Gasteiger partial charge in [-0.1, -0.05) is 13.3 Å². The number of hydrogen-bond acceptors (Lipinski definition) is 4. The predicted molar refractivity (Wildman–Crippen MR) is 83.3 cm³/mol. The normalized spacial score (nSPS) is 24.3. The molecule has 0 spiro atoms. The van der Waals surface area contributed by atoms with Crippen LogP contribution in [0.5, 0.6) is 0 Å². The third-order valence-corrected chi connectivity index (χ3v) is 5.62. The van der Waals surface area contributed by atoms with Gasteiger partial charge in [-0.2, -0.15) is 0 Å². The van der Waals surface area contributed by atoms with E-state index in [0.717, 1.165) is 31.8 Å². The molecule has 0 bridgehead atoms. The van der Waals surface area contributed by atoms with Crippen molar-refractivity contribution in [2.24, 2.45) is 5.92 Å². The quantitative estimate of drug-likeness (QED) is 0.852. The van der Waals surface area contributed by atoms with E-state index < -0.39 is 10.0 Å². The number of rotatable bonds is 6. The lowest BCUT2D eigenvalue weighted by Crippen LogP contribution is -2.50. The molecular formula is C14H26N4O2S. The van der Waals surface area contributed by atoms with Gasteiger partial charge >= 0.3 is 0 Å². The first-order valence-corrected chi connectivity index (χ1v) is 9.49. The van der Waals surface area contributed by atoms with Crippen LogP contribution in [0.1, 0.15) is 32.5 Å². The molecule has 1 fully saturated rings. The van der Waals surface area contributed by atoms with Crippen molar-refractivity contribution in [3.8, 4) is 0 Å². The number of hydrogen-bond donors (Lipinski definition) is 1. The van der Waals surface area contributed by atoms with Gasteiger partial charge in [-0.15, -0.1) is 0 Å². The highest BCUT2D eigenvalue weighted by Gasteiger charge is 2.31. The van der Waals surface area contributed by atoms with Crippen LogP contribution in [0.4, 0.5) is 0 Å². The Balaban J connectivity index is 1.95. The van der Waals surface area contributed by atoms with Crippen LogP contribution in [0.25, 0.3) is 0 Å². The van der Waals surface area contributed by atoms with Crippen LogP contribution in [0, 0.1) is 5.92 Å². The van der Waals surface area contributed by atoms with Crippen LogP contribution in [0.3, 0.4) is 0 Å². The van der Waals surface area contributed by atoms with E-state index in [-0.39, 0.29) is 0 Å². The minimum absolute atomic E-state index is 0.356. The molecule has 1 aliphatic rings. The van der Waals surface area contributed by atoms with Crippen LogP contribution in [-0.4, -0.2) is 47.7 Å². The van der Waals surface area contributed by atoms with Gasteiger partial charge in [0.05, 0.1) is 12.8 Å². The molecule has 0 saturated carbocycles. The highest BCUT2D eigenvalue weighted by molar-refractivity contribution is 7.88.